The fraction of sp³-hybridized carbons (Fsp3) is 0.839. The van der Waals surface area contributed by atoms with Crippen LogP contribution in [0.2, 0.25) is 0 Å². The Balaban J connectivity index is 1.54. The number of Topliss-reactive ketones (excluding diaryl/α,β-unsaturated/α-hetero) is 1. The molecule has 2 N–H and O–H groups in total. The second-order valence-corrected chi connectivity index (χ2v) is 16.6. The average Bonchev–Trinajstić information content (AvgIpc) is 3.29. The lowest BCUT2D eigenvalue weighted by molar-refractivity contribution is -0.316. The smallest absolute Gasteiger partial charge is 0.397 e. The highest BCUT2D eigenvalue weighted by atomic mass is 32.3. The molecule has 1 aliphatic heterocycles. The van der Waals surface area contributed by atoms with Crippen molar-refractivity contribution in [2.45, 2.75) is 129 Å². The molecule has 13 atom stereocenters. The Morgan fingerprint density at radius 3 is 2.06 bits per heavy atom. The molecule has 1 heterocycles. The Bertz CT molecular complexity index is 1540. The minimum Gasteiger partial charge on any atom is -0.455 e. The molecule has 0 spiro atoms. The summed E-state index contributed by atoms with van der Waals surface area (Å²) >= 11 is 0. The molecule has 5 rings (SSSR count). The molecule has 4 fully saturated rings. The van der Waals surface area contributed by atoms with Gasteiger partial charge in [-0.1, -0.05) is 25.5 Å². The maximum Gasteiger partial charge on any atom is 0.397 e. The number of allylic oxidation sites excluding steroid dienone is 2. The average molecular weight is 723 g/mol. The number of carbonyl (C=O) groups excluding carboxylic acids is 3. The lowest BCUT2D eigenvalue weighted by atomic mass is 9.48. The predicted octanol–water partition coefficient (Wildman–Crippen LogP) is 3.13. The molecular formula is C31H46O15S2. The first-order valence-electron chi connectivity index (χ1n) is 16.3. The Kier molecular flexibility index (Phi) is 10.3. The van der Waals surface area contributed by atoms with Gasteiger partial charge >= 0.3 is 32.7 Å². The molecule has 1 saturated heterocycles. The van der Waals surface area contributed by atoms with Gasteiger partial charge in [-0.25, -0.2) is 8.37 Å². The van der Waals surface area contributed by atoms with E-state index in [1.54, 1.807) is 6.92 Å². The van der Waals surface area contributed by atoms with Gasteiger partial charge in [-0.2, -0.15) is 16.8 Å². The molecule has 5 aliphatic rings. The number of esters is 2. The van der Waals surface area contributed by atoms with Crippen LogP contribution in [-0.2, 0) is 62.5 Å². The molecule has 48 heavy (non-hydrogen) atoms. The Morgan fingerprint density at radius 2 is 1.48 bits per heavy atom. The third kappa shape index (κ3) is 7.38. The van der Waals surface area contributed by atoms with Crippen molar-refractivity contribution < 1.29 is 67.6 Å². The zero-order valence-electron chi connectivity index (χ0n) is 27.9. The Hall–Kier alpha value is -1.99. The lowest BCUT2D eigenvalue weighted by Gasteiger charge is -2.59. The first kappa shape index (κ1) is 37.3. The van der Waals surface area contributed by atoms with Gasteiger partial charge < -0.3 is 18.9 Å². The van der Waals surface area contributed by atoms with Crippen LogP contribution in [0.15, 0.2) is 11.6 Å². The van der Waals surface area contributed by atoms with Gasteiger partial charge in [-0.05, 0) is 87.4 Å². The van der Waals surface area contributed by atoms with Gasteiger partial charge in [0.05, 0.1) is 18.3 Å². The summed E-state index contributed by atoms with van der Waals surface area (Å²) in [4.78, 5) is 37.2. The standard InChI is InChI=1S/C31H46O15S2/c1-15(32)21-7-8-22-20-14-25(24-13-19(45-47(35,36)37)9-11-31(24,6)23(20)10-12-30(21,22)5)44-29-28(43-18(4)34)27(42-17(3)33)26(16(2)41-29)46-48(38,39)40/h10,16,19-22,24-29H,7-9,11-14H2,1-6H3,(H,35,36,37)(H,38,39,40)/t16-,19+,20+,21-,22+,24-,25+,26-,27+,28-,29+,30-,31-/m1/s1. The summed E-state index contributed by atoms with van der Waals surface area (Å²) in [7, 11) is -9.83. The minimum atomic E-state index is -5.07. The van der Waals surface area contributed by atoms with E-state index in [0.717, 1.165) is 33.1 Å². The zero-order valence-corrected chi connectivity index (χ0v) is 29.5. The quantitative estimate of drug-likeness (QED) is 0.199. The van der Waals surface area contributed by atoms with Crippen LogP contribution in [0, 0.1) is 34.5 Å². The van der Waals surface area contributed by atoms with Crippen molar-refractivity contribution in [2.75, 3.05) is 0 Å². The van der Waals surface area contributed by atoms with E-state index in [0.29, 0.717) is 19.3 Å². The van der Waals surface area contributed by atoms with Crippen LogP contribution in [0.1, 0.15) is 86.5 Å². The molecule has 0 unspecified atom stereocenters. The van der Waals surface area contributed by atoms with Crippen LogP contribution in [0.4, 0.5) is 0 Å². The Labute approximate surface area is 281 Å². The fourth-order valence-electron chi connectivity index (χ4n) is 9.75. The normalized spacial score (nSPS) is 42.8. The highest BCUT2D eigenvalue weighted by Crippen LogP contribution is 2.66. The monoisotopic (exact) mass is 722 g/mol. The molecule has 17 heteroatoms. The van der Waals surface area contributed by atoms with Gasteiger partial charge in [0.25, 0.3) is 0 Å². The van der Waals surface area contributed by atoms with Crippen molar-refractivity contribution in [1.82, 2.24) is 0 Å². The molecule has 0 aromatic heterocycles. The van der Waals surface area contributed by atoms with Crippen molar-refractivity contribution in [3.8, 4) is 0 Å². The molecule has 3 saturated carbocycles. The first-order valence-corrected chi connectivity index (χ1v) is 19.0. The largest absolute Gasteiger partial charge is 0.455 e. The van der Waals surface area contributed by atoms with Gasteiger partial charge in [-0.3, -0.25) is 23.5 Å². The SMILES string of the molecule is CC(=O)O[C@@H]1[C@@H](OC(C)=O)[C@H](O[C@H]2C[C@@H]3C(=CC[C@]4(C)[C@@H](C(C)=O)CC[C@@H]34)[C@@]3(C)CC[C@H](OS(=O)(=O)O)C[C@H]23)O[C@H](C)[C@H]1OS(=O)(=O)O. The molecular weight excluding hydrogens is 676 g/mol. The fourth-order valence-corrected chi connectivity index (χ4v) is 10.8. The number of hydrogen-bond acceptors (Lipinski definition) is 13. The molecule has 0 amide bonds. The van der Waals surface area contributed by atoms with Crippen LogP contribution in [0.25, 0.3) is 0 Å². The number of ketones is 1. The van der Waals surface area contributed by atoms with Gasteiger partial charge in [0.15, 0.2) is 18.5 Å². The molecule has 272 valence electrons. The number of ether oxygens (including phenoxy) is 4. The van der Waals surface area contributed by atoms with Crippen LogP contribution in [0.3, 0.4) is 0 Å². The molecule has 15 nitrogen and oxygen atoms in total. The van der Waals surface area contributed by atoms with Gasteiger partial charge in [0.2, 0.25) is 0 Å². The maximum atomic E-state index is 12.7. The van der Waals surface area contributed by atoms with E-state index in [-0.39, 0.29) is 41.3 Å². The maximum absolute atomic E-state index is 12.7. The van der Waals surface area contributed by atoms with Gasteiger partial charge in [0.1, 0.15) is 11.9 Å². The highest BCUT2D eigenvalue weighted by molar-refractivity contribution is 7.81. The molecule has 4 aliphatic carbocycles. The van der Waals surface area contributed by atoms with Gasteiger partial charge in [-0.15, -0.1) is 0 Å². The van der Waals surface area contributed by atoms with Crippen LogP contribution >= 0.6 is 0 Å². The van der Waals surface area contributed by atoms with Crippen LogP contribution < -0.4 is 0 Å². The summed E-state index contributed by atoms with van der Waals surface area (Å²) in [6, 6.07) is 0. The van der Waals surface area contributed by atoms with Crippen molar-refractivity contribution in [2.24, 2.45) is 34.5 Å². The van der Waals surface area contributed by atoms with Crippen LogP contribution in [-0.4, -0.2) is 86.6 Å². The van der Waals surface area contributed by atoms with Gasteiger partial charge in [0, 0.05) is 19.8 Å². The second kappa shape index (κ2) is 13.3. The van der Waals surface area contributed by atoms with Crippen molar-refractivity contribution in [3.63, 3.8) is 0 Å². The van der Waals surface area contributed by atoms with E-state index in [2.05, 4.69) is 19.9 Å². The van der Waals surface area contributed by atoms with E-state index in [1.165, 1.54) is 12.5 Å². The summed E-state index contributed by atoms with van der Waals surface area (Å²) in [6.07, 6.45) is -2.78. The van der Waals surface area contributed by atoms with E-state index >= 15 is 0 Å². The van der Waals surface area contributed by atoms with E-state index in [1.807, 2.05) is 0 Å². The molecule has 0 radical (unpaired) electrons. The number of hydrogen-bond donors (Lipinski definition) is 2. The highest BCUT2D eigenvalue weighted by Gasteiger charge is 2.62. The summed E-state index contributed by atoms with van der Waals surface area (Å²) in [5.41, 5.74) is 0.444. The number of rotatable bonds is 9. The Morgan fingerprint density at radius 1 is 0.854 bits per heavy atom. The zero-order chi connectivity index (χ0) is 35.6. The summed E-state index contributed by atoms with van der Waals surface area (Å²) in [6.45, 7) is 9.48. The molecule has 0 bridgehead atoms. The third-order valence-electron chi connectivity index (χ3n) is 11.6. The first-order chi connectivity index (χ1) is 22.1. The number of fused-ring (bicyclic) bond motifs is 5. The van der Waals surface area contributed by atoms with E-state index < -0.39 is 81.1 Å². The topological polar surface area (TPSA) is 215 Å². The minimum absolute atomic E-state index is 0.00791. The third-order valence-corrected chi connectivity index (χ3v) is 12.6. The lowest BCUT2D eigenvalue weighted by Crippen LogP contribution is -2.63. The summed E-state index contributed by atoms with van der Waals surface area (Å²) in [5, 5.41) is 0. The predicted molar refractivity (Wildman–Crippen MR) is 164 cm³/mol. The molecule has 0 aromatic rings. The summed E-state index contributed by atoms with van der Waals surface area (Å²) in [5.74, 6) is -1.86. The van der Waals surface area contributed by atoms with Crippen molar-refractivity contribution >= 4 is 38.5 Å². The van der Waals surface area contributed by atoms with E-state index in [9.17, 15) is 40.3 Å². The van der Waals surface area contributed by atoms with Crippen molar-refractivity contribution in [1.29, 1.82) is 0 Å². The van der Waals surface area contributed by atoms with E-state index in [4.69, 9.17) is 27.3 Å². The molecule has 0 aromatic carbocycles. The number of carbonyl (C=O) groups is 3. The second-order valence-electron chi connectivity index (χ2n) is 14.5. The van der Waals surface area contributed by atoms with Crippen molar-refractivity contribution in [3.05, 3.63) is 11.6 Å². The summed E-state index contributed by atoms with van der Waals surface area (Å²) < 4.78 is 99.5. The van der Waals surface area contributed by atoms with Crippen LogP contribution in [0.5, 0.6) is 0 Å².